The maximum atomic E-state index is 2.48. The summed E-state index contributed by atoms with van der Waals surface area (Å²) in [7, 11) is -0.257. The highest BCUT2D eigenvalue weighted by Gasteiger charge is 2.04. The van der Waals surface area contributed by atoms with Gasteiger partial charge < -0.3 is 0 Å². The summed E-state index contributed by atoms with van der Waals surface area (Å²) < 4.78 is 0. The largest absolute Gasteiger partial charge is 0.0720 e. The minimum atomic E-state index is -0.257. The molecule has 0 fully saturated rings. The molecule has 0 saturated carbocycles. The average molecular weight is 144 g/mol. The predicted octanol–water partition coefficient (Wildman–Crippen LogP) is 2.91. The Balaban J connectivity index is 3.22. The van der Waals surface area contributed by atoms with Gasteiger partial charge in [-0.2, -0.15) is 0 Å². The molecule has 0 aliphatic carbocycles. The van der Waals surface area contributed by atoms with E-state index in [1.807, 2.05) is 0 Å². The lowest BCUT2D eigenvalue weighted by molar-refractivity contribution is 0.618. The van der Waals surface area contributed by atoms with E-state index in [0.29, 0.717) is 0 Å². The van der Waals surface area contributed by atoms with Gasteiger partial charge in [0.15, 0.2) is 0 Å². The van der Waals surface area contributed by atoms with Crippen molar-refractivity contribution in [3.05, 3.63) is 0 Å². The third-order valence-corrected chi connectivity index (χ3v) is 5.20. The summed E-state index contributed by atoms with van der Waals surface area (Å²) >= 11 is 0. The molecule has 0 heterocycles. The Morgan fingerprint density at radius 2 is 1.89 bits per heavy atom. The average Bonchev–Trinajstić information content (AvgIpc) is 1.87. The Hall–Kier alpha value is 0.217. The number of rotatable bonds is 4. The number of hydrogen-bond acceptors (Lipinski definition) is 0. The third-order valence-electron chi connectivity index (χ3n) is 2.20. The lowest BCUT2D eigenvalue weighted by atomic mass is 10.2. The van der Waals surface area contributed by atoms with E-state index >= 15 is 0 Å². The zero-order valence-electron chi connectivity index (χ0n) is 7.28. The van der Waals surface area contributed by atoms with Gasteiger partial charge in [0.1, 0.15) is 0 Å². The van der Waals surface area contributed by atoms with Crippen LogP contribution in [-0.4, -0.2) is 8.80 Å². The summed E-state index contributed by atoms with van der Waals surface area (Å²) in [6, 6.07) is 3.03. The molecule has 2 unspecified atom stereocenters. The second-order valence-electron chi connectivity index (χ2n) is 3.26. The summed E-state index contributed by atoms with van der Waals surface area (Å²) in [4.78, 5) is 0. The fourth-order valence-corrected chi connectivity index (χ4v) is 3.06. The molecule has 0 nitrogen and oxygen atoms in total. The molecule has 0 aliphatic heterocycles. The van der Waals surface area contributed by atoms with Gasteiger partial charge in [-0.05, 0) is 5.92 Å². The van der Waals surface area contributed by atoms with Gasteiger partial charge in [0, 0.05) is 8.80 Å². The van der Waals surface area contributed by atoms with E-state index < -0.39 is 0 Å². The first-order valence-corrected chi connectivity index (χ1v) is 6.99. The molecule has 0 rings (SSSR count). The van der Waals surface area contributed by atoms with Crippen LogP contribution in [0.2, 0.25) is 18.6 Å². The van der Waals surface area contributed by atoms with Crippen molar-refractivity contribution < 1.29 is 0 Å². The van der Waals surface area contributed by atoms with Gasteiger partial charge in [-0.3, -0.25) is 0 Å². The summed E-state index contributed by atoms with van der Waals surface area (Å²) in [5, 5.41) is 0. The Morgan fingerprint density at radius 3 is 2.22 bits per heavy atom. The van der Waals surface area contributed by atoms with Crippen molar-refractivity contribution in [2.45, 2.75) is 45.8 Å². The third kappa shape index (κ3) is 4.70. The van der Waals surface area contributed by atoms with Gasteiger partial charge in [-0.25, -0.2) is 0 Å². The standard InChI is InChI=1S/C8H20Si/c1-5-8(3)7-9(4)6-2/h8-9H,5-7H2,1-4H3. The molecule has 0 aromatic carbocycles. The maximum absolute atomic E-state index is 2.48. The topological polar surface area (TPSA) is 0 Å². The van der Waals surface area contributed by atoms with Crippen LogP contribution in [0.5, 0.6) is 0 Å². The van der Waals surface area contributed by atoms with E-state index in [-0.39, 0.29) is 8.80 Å². The highest BCUT2D eigenvalue weighted by molar-refractivity contribution is 6.57. The Bertz CT molecular complexity index is 53.6. The van der Waals surface area contributed by atoms with Crippen molar-refractivity contribution in [1.29, 1.82) is 0 Å². The van der Waals surface area contributed by atoms with Gasteiger partial charge in [0.25, 0.3) is 0 Å². The van der Waals surface area contributed by atoms with Crippen LogP contribution in [0.4, 0.5) is 0 Å². The second kappa shape index (κ2) is 5.04. The molecule has 0 aliphatic rings. The van der Waals surface area contributed by atoms with Crippen molar-refractivity contribution in [2.75, 3.05) is 0 Å². The molecular weight excluding hydrogens is 124 g/mol. The minimum Gasteiger partial charge on any atom is -0.0720 e. The van der Waals surface area contributed by atoms with Crippen LogP contribution in [0.3, 0.4) is 0 Å². The summed E-state index contributed by atoms with van der Waals surface area (Å²) in [5.41, 5.74) is 0. The van der Waals surface area contributed by atoms with E-state index in [9.17, 15) is 0 Å². The summed E-state index contributed by atoms with van der Waals surface area (Å²) in [6.45, 7) is 9.48. The molecule has 0 N–H and O–H groups in total. The minimum absolute atomic E-state index is 0.257. The Morgan fingerprint density at radius 1 is 1.33 bits per heavy atom. The highest BCUT2D eigenvalue weighted by atomic mass is 28.3. The van der Waals surface area contributed by atoms with Gasteiger partial charge in [0.05, 0.1) is 0 Å². The summed E-state index contributed by atoms with van der Waals surface area (Å²) in [6.07, 6.45) is 1.37. The van der Waals surface area contributed by atoms with Crippen LogP contribution >= 0.6 is 0 Å². The van der Waals surface area contributed by atoms with Crippen molar-refractivity contribution in [3.63, 3.8) is 0 Å². The molecule has 0 aromatic heterocycles. The Labute approximate surface area is 61.3 Å². The quantitative estimate of drug-likeness (QED) is 0.532. The fraction of sp³-hybridized carbons (Fsp3) is 1.00. The molecule has 0 radical (unpaired) electrons. The smallest absolute Gasteiger partial charge is 0.0336 e. The molecule has 0 bridgehead atoms. The predicted molar refractivity (Wildman–Crippen MR) is 47.8 cm³/mol. The zero-order chi connectivity index (χ0) is 7.28. The normalized spacial score (nSPS) is 17.3. The molecule has 9 heavy (non-hydrogen) atoms. The van der Waals surface area contributed by atoms with Crippen molar-refractivity contribution in [2.24, 2.45) is 5.92 Å². The van der Waals surface area contributed by atoms with Crippen LogP contribution in [0.15, 0.2) is 0 Å². The van der Waals surface area contributed by atoms with E-state index in [0.717, 1.165) is 5.92 Å². The first-order valence-electron chi connectivity index (χ1n) is 4.20. The van der Waals surface area contributed by atoms with Crippen molar-refractivity contribution in [3.8, 4) is 0 Å². The van der Waals surface area contributed by atoms with Crippen molar-refractivity contribution in [1.82, 2.24) is 0 Å². The molecule has 0 saturated heterocycles. The van der Waals surface area contributed by atoms with Crippen LogP contribution in [0, 0.1) is 5.92 Å². The van der Waals surface area contributed by atoms with E-state index in [4.69, 9.17) is 0 Å². The summed E-state index contributed by atoms with van der Waals surface area (Å²) in [5.74, 6) is 0.992. The first kappa shape index (κ1) is 9.22. The molecule has 1 heteroatoms. The van der Waals surface area contributed by atoms with Crippen LogP contribution in [0.1, 0.15) is 27.2 Å². The highest BCUT2D eigenvalue weighted by Crippen LogP contribution is 2.12. The van der Waals surface area contributed by atoms with Crippen LogP contribution < -0.4 is 0 Å². The molecular formula is C8H20Si. The van der Waals surface area contributed by atoms with Gasteiger partial charge in [0.2, 0.25) is 0 Å². The Kier molecular flexibility index (Phi) is 5.16. The van der Waals surface area contributed by atoms with E-state index in [1.54, 1.807) is 6.04 Å². The van der Waals surface area contributed by atoms with Gasteiger partial charge in [-0.15, -0.1) is 0 Å². The number of hydrogen-bond donors (Lipinski definition) is 0. The van der Waals surface area contributed by atoms with Crippen LogP contribution in [0.25, 0.3) is 0 Å². The molecule has 0 amide bonds. The zero-order valence-corrected chi connectivity index (χ0v) is 8.43. The van der Waals surface area contributed by atoms with E-state index in [2.05, 4.69) is 27.3 Å². The lowest BCUT2D eigenvalue weighted by Crippen LogP contribution is -2.08. The van der Waals surface area contributed by atoms with E-state index in [1.165, 1.54) is 12.5 Å². The molecule has 0 spiro atoms. The lowest BCUT2D eigenvalue weighted by Gasteiger charge is -2.11. The first-order chi connectivity index (χ1) is 4.20. The molecule has 56 valence electrons. The monoisotopic (exact) mass is 144 g/mol. The second-order valence-corrected chi connectivity index (χ2v) is 6.76. The SMILES string of the molecule is CCC(C)C[SiH](C)CC. The fourth-order valence-electron chi connectivity index (χ4n) is 1.02. The van der Waals surface area contributed by atoms with Crippen LogP contribution in [-0.2, 0) is 0 Å². The maximum Gasteiger partial charge on any atom is 0.0336 e. The van der Waals surface area contributed by atoms with Gasteiger partial charge >= 0.3 is 0 Å². The molecule has 2 atom stereocenters. The van der Waals surface area contributed by atoms with Crippen molar-refractivity contribution >= 4 is 8.80 Å². The molecule has 0 aromatic rings. The van der Waals surface area contributed by atoms with Gasteiger partial charge in [-0.1, -0.05) is 45.8 Å².